The third kappa shape index (κ3) is 10.00. The van der Waals surface area contributed by atoms with Gasteiger partial charge in [-0.05, 0) is 67.2 Å². The quantitative estimate of drug-likeness (QED) is 0.362. The normalized spacial score (nSPS) is 16.6. The van der Waals surface area contributed by atoms with Gasteiger partial charge < -0.3 is 38.0 Å². The van der Waals surface area contributed by atoms with Crippen LogP contribution >= 0.6 is 0 Å². The average Bonchev–Trinajstić information content (AvgIpc) is 3.62. The van der Waals surface area contributed by atoms with E-state index in [0.29, 0.717) is 50.8 Å². The molecular weight excluding hydrogens is 564 g/mol. The van der Waals surface area contributed by atoms with Crippen LogP contribution in [0.25, 0.3) is 0 Å². The molecule has 2 amide bonds. The van der Waals surface area contributed by atoms with Gasteiger partial charge in [0.15, 0.2) is 23.2 Å². The zero-order valence-electron chi connectivity index (χ0n) is 25.9. The van der Waals surface area contributed by atoms with Gasteiger partial charge in [0.1, 0.15) is 23.7 Å². The van der Waals surface area contributed by atoms with Crippen molar-refractivity contribution < 1.29 is 47.3 Å². The molecule has 0 atom stereocenters. The maximum absolute atomic E-state index is 12.0. The summed E-state index contributed by atoms with van der Waals surface area (Å²) < 4.78 is 25.9. The molecule has 4 heterocycles. The van der Waals surface area contributed by atoms with Crippen molar-refractivity contribution in [3.05, 3.63) is 35.7 Å². The number of hydrogen-bond donors (Lipinski definition) is 1. The number of methoxy groups -OCH3 is 1. The number of oxazole rings is 2. The highest BCUT2D eigenvalue weighted by Crippen LogP contribution is 2.29. The predicted octanol–water partition coefficient (Wildman–Crippen LogP) is 5.06. The minimum absolute atomic E-state index is 0.0387. The second kappa shape index (κ2) is 13.9. The molecule has 238 valence electrons. The number of nitrogens with zero attached hydrogens (tertiary/aromatic N) is 4. The van der Waals surface area contributed by atoms with Crippen LogP contribution in [0.2, 0.25) is 0 Å². The predicted molar refractivity (Wildman–Crippen MR) is 151 cm³/mol. The number of rotatable bonds is 4. The molecule has 2 aromatic heterocycles. The summed E-state index contributed by atoms with van der Waals surface area (Å²) in [6.07, 6.45) is 4.64. The molecule has 0 spiro atoms. The minimum atomic E-state index is -1.10. The molecule has 0 aromatic carbocycles. The van der Waals surface area contributed by atoms with Crippen LogP contribution in [0.5, 0.6) is 0 Å². The van der Waals surface area contributed by atoms with Crippen molar-refractivity contribution in [3.8, 4) is 0 Å². The second-order valence-electron chi connectivity index (χ2n) is 12.4. The zero-order chi connectivity index (χ0) is 31.9. The van der Waals surface area contributed by atoms with Gasteiger partial charge in [-0.15, -0.1) is 0 Å². The number of carbonyl (C=O) groups excluding carboxylic acids is 3. The maximum atomic E-state index is 12.0. The van der Waals surface area contributed by atoms with E-state index in [-0.39, 0.29) is 35.4 Å². The Hall–Kier alpha value is -4.10. The first-order valence-electron chi connectivity index (χ1n) is 14.2. The lowest BCUT2D eigenvalue weighted by Gasteiger charge is -2.32. The summed E-state index contributed by atoms with van der Waals surface area (Å²) in [5, 5.41) is 8.83. The number of hydrogen-bond acceptors (Lipinski definition) is 11. The van der Waals surface area contributed by atoms with Gasteiger partial charge >= 0.3 is 24.1 Å². The third-order valence-corrected chi connectivity index (χ3v) is 6.65. The molecule has 2 aliphatic rings. The van der Waals surface area contributed by atoms with E-state index < -0.39 is 23.1 Å². The molecule has 0 aliphatic carbocycles. The Morgan fingerprint density at radius 3 is 1.44 bits per heavy atom. The number of ether oxygens (including phenoxy) is 3. The number of piperidine rings is 2. The fourth-order valence-electron chi connectivity index (χ4n) is 4.52. The number of carbonyl (C=O) groups is 4. The summed E-state index contributed by atoms with van der Waals surface area (Å²) in [4.78, 5) is 57.5. The summed E-state index contributed by atoms with van der Waals surface area (Å²) in [5.74, 6) is -0.535. The topological polar surface area (TPSA) is 175 Å². The van der Waals surface area contributed by atoms with E-state index in [2.05, 4.69) is 14.7 Å². The molecule has 0 saturated carbocycles. The molecule has 0 unspecified atom stereocenters. The number of carboxylic acids is 1. The lowest BCUT2D eigenvalue weighted by atomic mass is 9.97. The molecule has 2 aromatic rings. The number of likely N-dealkylation sites (tertiary alicyclic amines) is 2. The van der Waals surface area contributed by atoms with E-state index in [0.717, 1.165) is 19.1 Å². The monoisotopic (exact) mass is 606 g/mol. The molecular formula is C29H42N4O10. The van der Waals surface area contributed by atoms with Crippen molar-refractivity contribution in [2.75, 3.05) is 33.3 Å². The van der Waals surface area contributed by atoms with Crippen LogP contribution in [0.15, 0.2) is 21.4 Å². The van der Waals surface area contributed by atoms with Gasteiger partial charge in [-0.1, -0.05) is 0 Å². The minimum Gasteiger partial charge on any atom is -0.476 e. The Morgan fingerprint density at radius 2 is 1.12 bits per heavy atom. The Balaban J connectivity index is 0.000000236. The highest BCUT2D eigenvalue weighted by atomic mass is 16.6. The van der Waals surface area contributed by atoms with Crippen LogP contribution in [0.1, 0.15) is 112 Å². The largest absolute Gasteiger partial charge is 0.476 e. The third-order valence-electron chi connectivity index (χ3n) is 6.65. The van der Waals surface area contributed by atoms with Gasteiger partial charge in [-0.25, -0.2) is 29.1 Å². The first kappa shape index (κ1) is 33.4. The lowest BCUT2D eigenvalue weighted by molar-refractivity contribution is 0.0189. The highest BCUT2D eigenvalue weighted by molar-refractivity contribution is 5.86. The standard InChI is InChI=1S/C15H22N2O5.C14H20N2O5/c1-15(2,3)22-14(19)17-7-5-10(6-8-17)12-16-11(9-21-12)13(18)20-4;1-14(2,3)21-13(19)16-6-4-9(5-7-16)11-15-10(8-20-11)12(17)18/h9-10H,5-8H2,1-4H3;8-9H,4-7H2,1-3H3,(H,17,18). The molecule has 2 aliphatic heterocycles. The van der Waals surface area contributed by atoms with Crippen molar-refractivity contribution in [1.82, 2.24) is 19.8 Å². The van der Waals surface area contributed by atoms with Crippen LogP contribution in [-0.4, -0.2) is 93.5 Å². The van der Waals surface area contributed by atoms with E-state index in [1.54, 1.807) is 9.80 Å². The summed E-state index contributed by atoms with van der Waals surface area (Å²) >= 11 is 0. The van der Waals surface area contributed by atoms with Crippen molar-refractivity contribution in [1.29, 1.82) is 0 Å². The molecule has 2 saturated heterocycles. The van der Waals surface area contributed by atoms with Gasteiger partial charge in [0.2, 0.25) is 0 Å². The Bertz CT molecular complexity index is 1260. The van der Waals surface area contributed by atoms with Gasteiger partial charge in [0, 0.05) is 38.0 Å². The summed E-state index contributed by atoms with van der Waals surface area (Å²) in [5.41, 5.74) is -0.912. The molecule has 0 radical (unpaired) electrons. The molecule has 0 bridgehead atoms. The van der Waals surface area contributed by atoms with E-state index >= 15 is 0 Å². The van der Waals surface area contributed by atoms with Crippen LogP contribution in [0.3, 0.4) is 0 Å². The first-order chi connectivity index (χ1) is 20.1. The van der Waals surface area contributed by atoms with Crippen molar-refractivity contribution in [2.24, 2.45) is 0 Å². The number of aromatic carboxylic acids is 1. The zero-order valence-corrected chi connectivity index (χ0v) is 25.9. The van der Waals surface area contributed by atoms with Gasteiger partial charge in [-0.2, -0.15) is 0 Å². The van der Waals surface area contributed by atoms with Crippen molar-refractivity contribution >= 4 is 24.1 Å². The van der Waals surface area contributed by atoms with E-state index in [1.165, 1.54) is 13.4 Å². The molecule has 14 nitrogen and oxygen atoms in total. The lowest BCUT2D eigenvalue weighted by Crippen LogP contribution is -2.41. The first-order valence-corrected chi connectivity index (χ1v) is 14.2. The van der Waals surface area contributed by atoms with Crippen LogP contribution in [0.4, 0.5) is 9.59 Å². The van der Waals surface area contributed by atoms with Crippen molar-refractivity contribution in [2.45, 2.75) is 90.3 Å². The Morgan fingerprint density at radius 1 is 0.744 bits per heavy atom. The maximum Gasteiger partial charge on any atom is 0.410 e. The fourth-order valence-corrected chi connectivity index (χ4v) is 4.52. The van der Waals surface area contributed by atoms with E-state index in [9.17, 15) is 19.2 Å². The summed E-state index contributed by atoms with van der Waals surface area (Å²) in [6.45, 7) is 13.3. The van der Waals surface area contributed by atoms with Crippen LogP contribution < -0.4 is 0 Å². The van der Waals surface area contributed by atoms with Crippen molar-refractivity contribution in [3.63, 3.8) is 0 Å². The fraction of sp³-hybridized carbons (Fsp3) is 0.655. The smallest absolute Gasteiger partial charge is 0.410 e. The highest BCUT2D eigenvalue weighted by Gasteiger charge is 2.31. The summed E-state index contributed by atoms with van der Waals surface area (Å²) in [7, 11) is 1.30. The number of aromatic nitrogens is 2. The van der Waals surface area contributed by atoms with E-state index in [1.807, 2.05) is 41.5 Å². The van der Waals surface area contributed by atoms with Crippen LogP contribution in [-0.2, 0) is 14.2 Å². The Labute approximate surface area is 250 Å². The van der Waals surface area contributed by atoms with Gasteiger partial charge in [0.05, 0.1) is 7.11 Å². The number of esters is 1. The molecule has 43 heavy (non-hydrogen) atoms. The summed E-state index contributed by atoms with van der Waals surface area (Å²) in [6, 6.07) is 0. The SMILES string of the molecule is CC(C)(C)OC(=O)N1CCC(c2nc(C(=O)O)co2)CC1.COC(=O)c1coc(C2CCN(C(=O)OC(C)(C)C)CC2)n1. The Kier molecular flexibility index (Phi) is 10.8. The van der Waals surface area contributed by atoms with Gasteiger partial charge in [-0.3, -0.25) is 0 Å². The number of carboxylic acid groups (broad SMARTS) is 1. The second-order valence-corrected chi connectivity index (χ2v) is 12.4. The molecule has 1 N–H and O–H groups in total. The number of amides is 2. The molecule has 4 rings (SSSR count). The molecule has 2 fully saturated rings. The van der Waals surface area contributed by atoms with Crippen LogP contribution in [0, 0.1) is 0 Å². The van der Waals surface area contributed by atoms with Gasteiger partial charge in [0.25, 0.3) is 0 Å². The van der Waals surface area contributed by atoms with E-state index in [4.69, 9.17) is 23.4 Å². The molecule has 14 heteroatoms. The average molecular weight is 607 g/mol.